The number of rotatable bonds is 2. The molecule has 0 aliphatic carbocycles. The summed E-state index contributed by atoms with van der Waals surface area (Å²) in [4.78, 5) is 4.53. The van der Waals surface area contributed by atoms with Crippen molar-refractivity contribution in [3.63, 3.8) is 0 Å². The van der Waals surface area contributed by atoms with Crippen LogP contribution < -0.4 is 0 Å². The Morgan fingerprint density at radius 1 is 1.41 bits per heavy atom. The molecule has 0 saturated carbocycles. The number of imidazole rings is 1. The highest BCUT2D eigenvalue weighted by molar-refractivity contribution is 5.47. The van der Waals surface area contributed by atoms with Crippen molar-refractivity contribution in [2.45, 2.75) is 38.7 Å². The smallest absolute Gasteiger partial charge is 0.116 e. The fourth-order valence-corrected chi connectivity index (χ4v) is 2.61. The van der Waals surface area contributed by atoms with Gasteiger partial charge in [-0.3, -0.25) is 0 Å². The van der Waals surface area contributed by atoms with Gasteiger partial charge in [-0.15, -0.1) is 0 Å². The van der Waals surface area contributed by atoms with E-state index in [1.807, 2.05) is 6.20 Å². The van der Waals surface area contributed by atoms with Gasteiger partial charge in [-0.1, -0.05) is 6.07 Å². The van der Waals surface area contributed by atoms with Crippen molar-refractivity contribution < 1.29 is 4.74 Å². The average molecular weight is 230 g/mol. The first-order valence-electron chi connectivity index (χ1n) is 6.38. The van der Waals surface area contributed by atoms with Crippen LogP contribution in [0, 0.1) is 6.92 Å². The summed E-state index contributed by atoms with van der Waals surface area (Å²) in [5, 5.41) is 0. The Balaban J connectivity index is 1.89. The molecule has 1 fully saturated rings. The third-order valence-electron chi connectivity index (χ3n) is 3.50. The molecule has 0 bridgehead atoms. The van der Waals surface area contributed by atoms with Crippen molar-refractivity contribution in [3.05, 3.63) is 35.9 Å². The van der Waals surface area contributed by atoms with Crippen LogP contribution in [0.4, 0.5) is 0 Å². The van der Waals surface area contributed by atoms with Gasteiger partial charge in [0.05, 0.1) is 17.8 Å². The van der Waals surface area contributed by atoms with E-state index >= 15 is 0 Å². The molecule has 0 spiro atoms. The molecule has 2 aromatic rings. The molecule has 90 valence electrons. The summed E-state index contributed by atoms with van der Waals surface area (Å²) in [7, 11) is 0. The van der Waals surface area contributed by atoms with Crippen molar-refractivity contribution in [2.24, 2.45) is 0 Å². The SMILES string of the molecule is Cc1cccc2cnc(CC3CCCCO3)n12. The Morgan fingerprint density at radius 2 is 2.35 bits per heavy atom. The fourth-order valence-electron chi connectivity index (χ4n) is 2.61. The molecular weight excluding hydrogens is 212 g/mol. The minimum absolute atomic E-state index is 0.356. The molecule has 17 heavy (non-hydrogen) atoms. The van der Waals surface area contributed by atoms with Gasteiger partial charge in [0.2, 0.25) is 0 Å². The van der Waals surface area contributed by atoms with E-state index in [2.05, 4.69) is 34.5 Å². The summed E-state index contributed by atoms with van der Waals surface area (Å²) in [6.45, 7) is 3.03. The second-order valence-electron chi connectivity index (χ2n) is 4.79. The second-order valence-corrected chi connectivity index (χ2v) is 4.79. The summed E-state index contributed by atoms with van der Waals surface area (Å²) in [5.74, 6) is 1.13. The zero-order valence-electron chi connectivity index (χ0n) is 10.2. The summed E-state index contributed by atoms with van der Waals surface area (Å²) in [6, 6.07) is 6.30. The van der Waals surface area contributed by atoms with Crippen LogP contribution >= 0.6 is 0 Å². The zero-order chi connectivity index (χ0) is 11.7. The van der Waals surface area contributed by atoms with Crippen molar-refractivity contribution in [2.75, 3.05) is 6.61 Å². The summed E-state index contributed by atoms with van der Waals surface area (Å²) >= 11 is 0. The number of ether oxygens (including phenoxy) is 1. The van der Waals surface area contributed by atoms with E-state index in [4.69, 9.17) is 4.74 Å². The van der Waals surface area contributed by atoms with Crippen LogP contribution in [0.15, 0.2) is 24.4 Å². The van der Waals surface area contributed by atoms with Crippen LogP contribution in [0.3, 0.4) is 0 Å². The predicted octanol–water partition coefficient (Wildman–Crippen LogP) is 2.75. The van der Waals surface area contributed by atoms with E-state index in [0.29, 0.717) is 6.10 Å². The van der Waals surface area contributed by atoms with Crippen LogP contribution in [-0.4, -0.2) is 22.1 Å². The molecule has 1 atom stereocenters. The van der Waals surface area contributed by atoms with Gasteiger partial charge in [-0.2, -0.15) is 0 Å². The molecule has 3 nitrogen and oxygen atoms in total. The first-order chi connectivity index (χ1) is 8.34. The number of nitrogens with zero attached hydrogens (tertiary/aromatic N) is 2. The minimum Gasteiger partial charge on any atom is -0.378 e. The molecule has 3 rings (SSSR count). The number of hydrogen-bond donors (Lipinski definition) is 0. The van der Waals surface area contributed by atoms with Crippen molar-refractivity contribution in [1.29, 1.82) is 0 Å². The highest BCUT2D eigenvalue weighted by Crippen LogP contribution is 2.18. The fraction of sp³-hybridized carbons (Fsp3) is 0.500. The lowest BCUT2D eigenvalue weighted by Gasteiger charge is -2.22. The maximum atomic E-state index is 5.79. The van der Waals surface area contributed by atoms with E-state index in [1.165, 1.54) is 30.5 Å². The molecule has 3 heterocycles. The highest BCUT2D eigenvalue weighted by Gasteiger charge is 2.17. The Kier molecular flexibility index (Phi) is 2.85. The standard InChI is InChI=1S/C14H18N2O/c1-11-5-4-6-12-10-15-14(16(11)12)9-13-7-2-3-8-17-13/h4-6,10,13H,2-3,7-9H2,1H3. The van der Waals surface area contributed by atoms with Crippen LogP contribution in [0.2, 0.25) is 0 Å². The van der Waals surface area contributed by atoms with Crippen LogP contribution in [0.25, 0.3) is 5.52 Å². The molecule has 0 radical (unpaired) electrons. The lowest BCUT2D eigenvalue weighted by Crippen LogP contribution is -2.22. The molecule has 0 amide bonds. The lowest BCUT2D eigenvalue weighted by molar-refractivity contribution is 0.0155. The number of hydrogen-bond acceptors (Lipinski definition) is 2. The van der Waals surface area contributed by atoms with Crippen LogP contribution in [-0.2, 0) is 11.2 Å². The largest absolute Gasteiger partial charge is 0.378 e. The maximum absolute atomic E-state index is 5.79. The van der Waals surface area contributed by atoms with Gasteiger partial charge in [0.25, 0.3) is 0 Å². The number of aryl methyl sites for hydroxylation is 1. The molecule has 3 heteroatoms. The van der Waals surface area contributed by atoms with Gasteiger partial charge in [-0.05, 0) is 38.3 Å². The molecule has 1 saturated heterocycles. The lowest BCUT2D eigenvalue weighted by atomic mass is 10.1. The number of pyridine rings is 1. The number of fused-ring (bicyclic) bond motifs is 1. The minimum atomic E-state index is 0.356. The monoisotopic (exact) mass is 230 g/mol. The molecule has 1 aliphatic rings. The first kappa shape index (κ1) is 10.8. The normalized spacial score (nSPS) is 20.9. The summed E-state index contributed by atoms with van der Waals surface area (Å²) in [5.41, 5.74) is 2.42. The van der Waals surface area contributed by atoms with E-state index in [1.54, 1.807) is 0 Å². The van der Waals surface area contributed by atoms with Gasteiger partial charge >= 0.3 is 0 Å². The second kappa shape index (κ2) is 4.49. The van der Waals surface area contributed by atoms with Gasteiger partial charge in [-0.25, -0.2) is 4.98 Å². The average Bonchev–Trinajstić information content (AvgIpc) is 2.75. The van der Waals surface area contributed by atoms with Crippen LogP contribution in [0.5, 0.6) is 0 Å². The third kappa shape index (κ3) is 2.07. The predicted molar refractivity (Wildman–Crippen MR) is 67.2 cm³/mol. The van der Waals surface area contributed by atoms with Crippen molar-refractivity contribution >= 4 is 5.52 Å². The van der Waals surface area contributed by atoms with Crippen LogP contribution in [0.1, 0.15) is 30.8 Å². The van der Waals surface area contributed by atoms with E-state index in [0.717, 1.165) is 18.9 Å². The molecule has 0 aromatic carbocycles. The van der Waals surface area contributed by atoms with Gasteiger partial charge in [0, 0.05) is 18.7 Å². The summed E-state index contributed by atoms with van der Waals surface area (Å²) in [6.07, 6.45) is 6.89. The number of aromatic nitrogens is 2. The Labute approximate surface area is 101 Å². The Bertz CT molecular complexity index is 512. The Morgan fingerprint density at radius 3 is 3.18 bits per heavy atom. The first-order valence-corrected chi connectivity index (χ1v) is 6.38. The molecular formula is C14H18N2O. The molecule has 1 aliphatic heterocycles. The van der Waals surface area contributed by atoms with Gasteiger partial charge in [0.15, 0.2) is 0 Å². The maximum Gasteiger partial charge on any atom is 0.116 e. The van der Waals surface area contributed by atoms with Crippen molar-refractivity contribution in [1.82, 2.24) is 9.38 Å². The Hall–Kier alpha value is -1.35. The topological polar surface area (TPSA) is 26.5 Å². The van der Waals surface area contributed by atoms with E-state index < -0.39 is 0 Å². The van der Waals surface area contributed by atoms with Gasteiger partial charge < -0.3 is 9.14 Å². The molecule has 1 unspecified atom stereocenters. The van der Waals surface area contributed by atoms with E-state index in [9.17, 15) is 0 Å². The van der Waals surface area contributed by atoms with Gasteiger partial charge in [0.1, 0.15) is 5.82 Å². The highest BCUT2D eigenvalue weighted by atomic mass is 16.5. The molecule has 2 aromatic heterocycles. The quantitative estimate of drug-likeness (QED) is 0.793. The van der Waals surface area contributed by atoms with Crippen molar-refractivity contribution in [3.8, 4) is 0 Å². The summed E-state index contributed by atoms with van der Waals surface area (Å²) < 4.78 is 8.02. The zero-order valence-corrected chi connectivity index (χ0v) is 10.2. The third-order valence-corrected chi connectivity index (χ3v) is 3.50. The molecule has 0 N–H and O–H groups in total. The van der Waals surface area contributed by atoms with E-state index in [-0.39, 0.29) is 0 Å².